The Morgan fingerprint density at radius 1 is 1.35 bits per heavy atom. The number of nitrogens with zero attached hydrogens (tertiary/aromatic N) is 1. The normalized spacial score (nSPS) is 17.5. The lowest BCUT2D eigenvalue weighted by Crippen LogP contribution is -2.30. The van der Waals surface area contributed by atoms with E-state index in [1.165, 1.54) is 19.1 Å². The highest BCUT2D eigenvalue weighted by atomic mass is 32.2. The first-order chi connectivity index (χ1) is 9.40. The number of sulfonamides is 1. The van der Waals surface area contributed by atoms with Gasteiger partial charge in [0.05, 0.1) is 11.0 Å². The van der Waals surface area contributed by atoms with Gasteiger partial charge >= 0.3 is 0 Å². The minimum Gasteiger partial charge on any atom is -0.392 e. The average molecular weight is 298 g/mol. The number of amides is 1. The van der Waals surface area contributed by atoms with Gasteiger partial charge in [0.2, 0.25) is 15.9 Å². The van der Waals surface area contributed by atoms with Crippen LogP contribution in [0.3, 0.4) is 0 Å². The molecule has 6 nitrogen and oxygen atoms in total. The van der Waals surface area contributed by atoms with Crippen LogP contribution in [0.25, 0.3) is 0 Å². The predicted octanol–water partition coefficient (Wildman–Crippen LogP) is 0.472. The molecule has 0 aliphatic carbocycles. The number of benzene rings is 1. The quantitative estimate of drug-likeness (QED) is 0.827. The Kier molecular flexibility index (Phi) is 4.42. The molecule has 1 aromatic rings. The highest BCUT2D eigenvalue weighted by Crippen LogP contribution is 2.22. The molecular weight excluding hydrogens is 280 g/mol. The molecule has 110 valence electrons. The molecule has 1 atom stereocenters. The van der Waals surface area contributed by atoms with Gasteiger partial charge in [-0.25, -0.2) is 13.1 Å². The van der Waals surface area contributed by atoms with Crippen LogP contribution in [0.1, 0.15) is 19.8 Å². The lowest BCUT2D eigenvalue weighted by Gasteiger charge is -2.16. The minimum absolute atomic E-state index is 0.0330. The Labute approximate surface area is 118 Å². The molecule has 2 N–H and O–H groups in total. The number of rotatable bonds is 5. The molecule has 7 heteroatoms. The summed E-state index contributed by atoms with van der Waals surface area (Å²) < 4.78 is 26.2. The summed E-state index contributed by atoms with van der Waals surface area (Å²) in [6, 6.07) is 6.18. The zero-order valence-electron chi connectivity index (χ0n) is 11.2. The molecule has 1 fully saturated rings. The lowest BCUT2D eigenvalue weighted by atomic mass is 10.3. The fraction of sp³-hybridized carbons (Fsp3) is 0.462. The smallest absolute Gasteiger partial charge is 0.240 e. The minimum atomic E-state index is -3.62. The second-order valence-corrected chi connectivity index (χ2v) is 6.61. The van der Waals surface area contributed by atoms with E-state index in [0.717, 1.165) is 6.42 Å². The summed E-state index contributed by atoms with van der Waals surface area (Å²) in [5, 5.41) is 9.11. The summed E-state index contributed by atoms with van der Waals surface area (Å²) in [7, 11) is -3.62. The maximum atomic E-state index is 11.9. The van der Waals surface area contributed by atoms with Gasteiger partial charge in [0, 0.05) is 25.2 Å². The third-order valence-electron chi connectivity index (χ3n) is 3.10. The lowest BCUT2D eigenvalue weighted by molar-refractivity contribution is -0.117. The van der Waals surface area contributed by atoms with Crippen molar-refractivity contribution < 1.29 is 18.3 Å². The number of nitrogens with one attached hydrogen (secondary N) is 1. The van der Waals surface area contributed by atoms with Gasteiger partial charge in [-0.3, -0.25) is 4.79 Å². The van der Waals surface area contributed by atoms with Crippen molar-refractivity contribution >= 4 is 21.6 Å². The van der Waals surface area contributed by atoms with Gasteiger partial charge in [-0.15, -0.1) is 0 Å². The number of aliphatic hydroxyl groups is 1. The van der Waals surface area contributed by atoms with Gasteiger partial charge in [-0.05, 0) is 37.6 Å². The van der Waals surface area contributed by atoms with Crippen LogP contribution in [-0.4, -0.2) is 38.6 Å². The number of carbonyl (C=O) groups is 1. The van der Waals surface area contributed by atoms with Gasteiger partial charge < -0.3 is 10.0 Å². The molecule has 0 spiro atoms. The fourth-order valence-corrected chi connectivity index (χ4v) is 3.16. The fourth-order valence-electron chi connectivity index (χ4n) is 2.04. The van der Waals surface area contributed by atoms with Crippen LogP contribution in [0.15, 0.2) is 29.2 Å². The van der Waals surface area contributed by atoms with E-state index in [0.29, 0.717) is 18.7 Å². The Hall–Kier alpha value is -1.44. The van der Waals surface area contributed by atoms with Crippen LogP contribution in [0.4, 0.5) is 5.69 Å². The molecule has 1 aliphatic heterocycles. The van der Waals surface area contributed by atoms with E-state index >= 15 is 0 Å². The molecule has 1 unspecified atom stereocenters. The number of carbonyl (C=O) groups excluding carboxylic acids is 1. The van der Waals surface area contributed by atoms with Crippen molar-refractivity contribution in [2.75, 3.05) is 18.0 Å². The van der Waals surface area contributed by atoms with Gasteiger partial charge in [0.25, 0.3) is 0 Å². The molecule has 1 saturated heterocycles. The first-order valence-corrected chi connectivity index (χ1v) is 7.96. The van der Waals surface area contributed by atoms with Crippen molar-refractivity contribution in [3.8, 4) is 0 Å². The van der Waals surface area contributed by atoms with E-state index in [1.807, 2.05) is 0 Å². The van der Waals surface area contributed by atoms with Gasteiger partial charge in [0.1, 0.15) is 0 Å². The van der Waals surface area contributed by atoms with E-state index in [4.69, 9.17) is 5.11 Å². The third-order valence-corrected chi connectivity index (χ3v) is 4.54. The van der Waals surface area contributed by atoms with Crippen LogP contribution in [0.5, 0.6) is 0 Å². The van der Waals surface area contributed by atoms with E-state index in [-0.39, 0.29) is 17.3 Å². The topological polar surface area (TPSA) is 86.7 Å². The predicted molar refractivity (Wildman–Crippen MR) is 74.9 cm³/mol. The zero-order chi connectivity index (χ0) is 14.8. The molecule has 20 heavy (non-hydrogen) atoms. The van der Waals surface area contributed by atoms with E-state index in [1.54, 1.807) is 17.0 Å². The van der Waals surface area contributed by atoms with Crippen molar-refractivity contribution in [1.29, 1.82) is 0 Å². The standard InChI is InChI=1S/C13H18N2O4S/c1-10(16)9-14-20(18,19)12-6-4-11(5-7-12)15-8-2-3-13(15)17/h4-7,10,14,16H,2-3,8-9H2,1H3. The first-order valence-electron chi connectivity index (χ1n) is 6.48. The highest BCUT2D eigenvalue weighted by Gasteiger charge is 2.22. The number of aliphatic hydroxyl groups excluding tert-OH is 1. The average Bonchev–Trinajstić information content (AvgIpc) is 2.83. The second-order valence-electron chi connectivity index (χ2n) is 4.84. The van der Waals surface area contributed by atoms with Crippen molar-refractivity contribution in [1.82, 2.24) is 4.72 Å². The monoisotopic (exact) mass is 298 g/mol. The van der Waals surface area contributed by atoms with E-state index in [2.05, 4.69) is 4.72 Å². The largest absolute Gasteiger partial charge is 0.392 e. The van der Waals surface area contributed by atoms with Crippen molar-refractivity contribution in [2.45, 2.75) is 30.8 Å². The number of hydrogen-bond acceptors (Lipinski definition) is 4. The van der Waals surface area contributed by atoms with Gasteiger partial charge in [0.15, 0.2) is 0 Å². The van der Waals surface area contributed by atoms with Crippen molar-refractivity contribution in [3.05, 3.63) is 24.3 Å². The maximum absolute atomic E-state index is 11.9. The van der Waals surface area contributed by atoms with Crippen molar-refractivity contribution in [3.63, 3.8) is 0 Å². The van der Waals surface area contributed by atoms with Crippen molar-refractivity contribution in [2.24, 2.45) is 0 Å². The SMILES string of the molecule is CC(O)CNS(=O)(=O)c1ccc(N2CCCC2=O)cc1. The summed E-state index contributed by atoms with van der Waals surface area (Å²) in [4.78, 5) is 13.4. The number of hydrogen-bond donors (Lipinski definition) is 2. The molecule has 0 bridgehead atoms. The first kappa shape index (κ1) is 15.0. The molecule has 0 radical (unpaired) electrons. The van der Waals surface area contributed by atoms with Crippen LogP contribution in [0, 0.1) is 0 Å². The molecule has 1 aliphatic rings. The molecule has 1 heterocycles. The Bertz CT molecular complexity index is 581. The Balaban J connectivity index is 2.13. The third kappa shape index (κ3) is 3.36. The number of anilines is 1. The summed E-state index contributed by atoms with van der Waals surface area (Å²) in [6.07, 6.45) is 0.622. The van der Waals surface area contributed by atoms with E-state index in [9.17, 15) is 13.2 Å². The molecular formula is C13H18N2O4S. The van der Waals surface area contributed by atoms with Crippen LogP contribution in [0.2, 0.25) is 0 Å². The van der Waals surface area contributed by atoms with Gasteiger partial charge in [-0.2, -0.15) is 0 Å². The summed E-state index contributed by atoms with van der Waals surface area (Å²) in [5.74, 6) is 0.0628. The molecule has 2 rings (SSSR count). The second kappa shape index (κ2) is 5.90. The van der Waals surface area contributed by atoms with Crippen LogP contribution >= 0.6 is 0 Å². The summed E-state index contributed by atoms with van der Waals surface area (Å²) in [6.45, 7) is 2.14. The summed E-state index contributed by atoms with van der Waals surface area (Å²) >= 11 is 0. The van der Waals surface area contributed by atoms with Crippen LogP contribution in [-0.2, 0) is 14.8 Å². The van der Waals surface area contributed by atoms with Crippen LogP contribution < -0.4 is 9.62 Å². The molecule has 1 aromatic carbocycles. The summed E-state index contributed by atoms with van der Waals surface area (Å²) in [5.41, 5.74) is 0.710. The highest BCUT2D eigenvalue weighted by molar-refractivity contribution is 7.89. The molecule has 1 amide bonds. The van der Waals surface area contributed by atoms with E-state index < -0.39 is 16.1 Å². The maximum Gasteiger partial charge on any atom is 0.240 e. The zero-order valence-corrected chi connectivity index (χ0v) is 12.1. The van der Waals surface area contributed by atoms with Gasteiger partial charge in [-0.1, -0.05) is 0 Å². The molecule has 0 aromatic heterocycles. The Morgan fingerprint density at radius 3 is 2.50 bits per heavy atom. The molecule has 0 saturated carbocycles. The Morgan fingerprint density at radius 2 is 2.00 bits per heavy atom.